The summed E-state index contributed by atoms with van der Waals surface area (Å²) in [7, 11) is 1.44. The van der Waals surface area contributed by atoms with Gasteiger partial charge in [0.05, 0.1) is 7.11 Å². The van der Waals surface area contributed by atoms with E-state index in [-0.39, 0.29) is 17.7 Å². The molecule has 2 aromatic carbocycles. The van der Waals surface area contributed by atoms with E-state index in [4.69, 9.17) is 4.74 Å². The predicted octanol–water partition coefficient (Wildman–Crippen LogP) is 3.09. The van der Waals surface area contributed by atoms with Gasteiger partial charge in [0.1, 0.15) is 0 Å². The minimum atomic E-state index is -0.395. The first-order valence-corrected chi connectivity index (χ1v) is 10.2. The maximum Gasteiger partial charge on any atom is 0.220 e. The van der Waals surface area contributed by atoms with Gasteiger partial charge in [-0.15, -0.1) is 0 Å². The van der Waals surface area contributed by atoms with Crippen molar-refractivity contribution in [2.45, 2.75) is 25.8 Å². The number of benzene rings is 2. The second kappa shape index (κ2) is 10.3. The first kappa shape index (κ1) is 21.1. The molecule has 29 heavy (non-hydrogen) atoms. The Kier molecular flexibility index (Phi) is 7.47. The van der Waals surface area contributed by atoms with Crippen LogP contribution in [0.5, 0.6) is 5.75 Å². The van der Waals surface area contributed by atoms with Crippen LogP contribution in [0.15, 0.2) is 48.5 Å². The molecule has 0 aromatic heterocycles. The third kappa shape index (κ3) is 5.94. The number of nitrogens with zero attached hydrogens (tertiary/aromatic N) is 2. The summed E-state index contributed by atoms with van der Waals surface area (Å²) in [5.74, 6) is -0.177. The van der Waals surface area contributed by atoms with E-state index in [0.29, 0.717) is 19.4 Å². The highest BCUT2D eigenvalue weighted by molar-refractivity contribution is 5.76. The molecular formula is C23H30FN3O2. The smallest absolute Gasteiger partial charge is 0.220 e. The van der Waals surface area contributed by atoms with Crippen molar-refractivity contribution in [3.8, 4) is 5.75 Å². The van der Waals surface area contributed by atoms with Gasteiger partial charge in [0.15, 0.2) is 11.6 Å². The first-order valence-electron chi connectivity index (χ1n) is 10.2. The molecule has 1 N–H and O–H groups in total. The zero-order valence-electron chi connectivity index (χ0n) is 17.2. The Hall–Kier alpha value is -2.60. The molecule has 0 aliphatic carbocycles. The number of rotatable bonds is 8. The number of piperazine rings is 1. The normalized spacial score (nSPS) is 15.8. The second-order valence-corrected chi connectivity index (χ2v) is 7.48. The molecule has 1 aliphatic rings. The zero-order chi connectivity index (χ0) is 20.6. The lowest BCUT2D eigenvalue weighted by Crippen LogP contribution is -2.52. The third-order valence-corrected chi connectivity index (χ3v) is 5.51. The largest absolute Gasteiger partial charge is 0.494 e. The van der Waals surface area contributed by atoms with Crippen molar-refractivity contribution in [3.05, 3.63) is 59.9 Å². The molecule has 0 spiro atoms. The molecule has 1 saturated heterocycles. The van der Waals surface area contributed by atoms with Crippen molar-refractivity contribution in [3.63, 3.8) is 0 Å². The van der Waals surface area contributed by atoms with E-state index in [9.17, 15) is 9.18 Å². The molecule has 156 valence electrons. The van der Waals surface area contributed by atoms with Gasteiger partial charge in [-0.25, -0.2) is 4.39 Å². The monoisotopic (exact) mass is 399 g/mol. The lowest BCUT2D eigenvalue weighted by atomic mass is 10.1. The second-order valence-electron chi connectivity index (χ2n) is 7.48. The molecule has 1 amide bonds. The topological polar surface area (TPSA) is 44.8 Å². The van der Waals surface area contributed by atoms with Crippen molar-refractivity contribution in [1.29, 1.82) is 0 Å². The number of carbonyl (C=O) groups is 1. The molecule has 0 bridgehead atoms. The van der Waals surface area contributed by atoms with Gasteiger partial charge in [0.25, 0.3) is 0 Å². The average molecular weight is 400 g/mol. The average Bonchev–Trinajstić information content (AvgIpc) is 2.77. The first-order chi connectivity index (χ1) is 14.1. The lowest BCUT2D eigenvalue weighted by molar-refractivity contribution is -0.121. The molecular weight excluding hydrogens is 369 g/mol. The molecule has 2 aromatic rings. The zero-order valence-corrected chi connectivity index (χ0v) is 17.2. The van der Waals surface area contributed by atoms with Crippen LogP contribution in [0.25, 0.3) is 0 Å². The number of carbonyl (C=O) groups excluding carboxylic acids is 1. The van der Waals surface area contributed by atoms with E-state index < -0.39 is 5.82 Å². The maximum atomic E-state index is 13.7. The van der Waals surface area contributed by atoms with E-state index in [1.54, 1.807) is 12.1 Å². The van der Waals surface area contributed by atoms with Crippen LogP contribution >= 0.6 is 0 Å². The SMILES string of the molecule is COc1ccc(CCC(=O)NCC(C)N2CCN(c3ccccc3)CC2)cc1F. The van der Waals surface area contributed by atoms with Crippen LogP contribution in [0.3, 0.4) is 0 Å². The Morgan fingerprint density at radius 3 is 2.52 bits per heavy atom. The minimum absolute atomic E-state index is 0.00371. The fourth-order valence-corrected chi connectivity index (χ4v) is 3.66. The van der Waals surface area contributed by atoms with Crippen molar-refractivity contribution in [2.24, 2.45) is 0 Å². The number of hydrogen-bond acceptors (Lipinski definition) is 4. The number of methoxy groups -OCH3 is 1. The van der Waals surface area contributed by atoms with Gasteiger partial charge >= 0.3 is 0 Å². The standard InChI is InChI=1S/C23H30FN3O2/c1-18(26-12-14-27(15-13-26)20-6-4-3-5-7-20)17-25-23(28)11-9-19-8-10-22(29-2)21(24)16-19/h3-8,10,16,18H,9,11-15,17H2,1-2H3,(H,25,28). The Bertz CT molecular complexity index is 792. The number of nitrogens with one attached hydrogen (secondary N) is 1. The Morgan fingerprint density at radius 1 is 1.14 bits per heavy atom. The third-order valence-electron chi connectivity index (χ3n) is 5.51. The summed E-state index contributed by atoms with van der Waals surface area (Å²) in [4.78, 5) is 17.0. The van der Waals surface area contributed by atoms with Crippen molar-refractivity contribution >= 4 is 11.6 Å². The van der Waals surface area contributed by atoms with Gasteiger partial charge in [-0.3, -0.25) is 9.69 Å². The summed E-state index contributed by atoms with van der Waals surface area (Å²) in [6.45, 7) is 6.73. The fraction of sp³-hybridized carbons (Fsp3) is 0.435. The van der Waals surface area contributed by atoms with Crippen molar-refractivity contribution in [1.82, 2.24) is 10.2 Å². The number of halogens is 1. The lowest BCUT2D eigenvalue weighted by Gasteiger charge is -2.39. The summed E-state index contributed by atoms with van der Waals surface area (Å²) < 4.78 is 18.7. The minimum Gasteiger partial charge on any atom is -0.494 e. The summed E-state index contributed by atoms with van der Waals surface area (Å²) in [6, 6.07) is 15.6. The maximum absolute atomic E-state index is 13.7. The molecule has 5 nitrogen and oxygen atoms in total. The van der Waals surface area contributed by atoms with Crippen molar-refractivity contribution < 1.29 is 13.9 Å². The van der Waals surface area contributed by atoms with Crippen LogP contribution in [0.2, 0.25) is 0 Å². The number of anilines is 1. The highest BCUT2D eigenvalue weighted by atomic mass is 19.1. The van der Waals surface area contributed by atoms with Gasteiger partial charge in [-0.05, 0) is 43.2 Å². The summed E-state index contributed by atoms with van der Waals surface area (Å²) >= 11 is 0. The predicted molar refractivity (Wildman–Crippen MR) is 114 cm³/mol. The highest BCUT2D eigenvalue weighted by Gasteiger charge is 2.21. The molecule has 0 saturated carbocycles. The number of para-hydroxylation sites is 1. The number of ether oxygens (including phenoxy) is 1. The van der Waals surface area contributed by atoms with E-state index in [2.05, 4.69) is 46.3 Å². The molecule has 3 rings (SSSR count). The van der Waals surface area contributed by atoms with E-state index >= 15 is 0 Å². The number of aryl methyl sites for hydroxylation is 1. The Labute approximate surface area is 172 Å². The molecule has 0 radical (unpaired) electrons. The van der Waals surface area contributed by atoms with Crippen LogP contribution in [0.1, 0.15) is 18.9 Å². The molecule has 1 fully saturated rings. The van der Waals surface area contributed by atoms with Gasteiger partial charge in [0.2, 0.25) is 5.91 Å². The van der Waals surface area contributed by atoms with E-state index in [0.717, 1.165) is 31.7 Å². The van der Waals surface area contributed by atoms with Crippen LogP contribution in [0, 0.1) is 5.82 Å². The summed E-state index contributed by atoms with van der Waals surface area (Å²) in [5.41, 5.74) is 2.06. The Balaban J connectivity index is 1.37. The van der Waals surface area contributed by atoms with Gasteiger partial charge < -0.3 is 15.0 Å². The Morgan fingerprint density at radius 2 is 1.86 bits per heavy atom. The molecule has 1 unspecified atom stereocenters. The van der Waals surface area contributed by atoms with Gasteiger partial charge in [-0.2, -0.15) is 0 Å². The van der Waals surface area contributed by atoms with Gasteiger partial charge in [0, 0.05) is 50.9 Å². The van der Waals surface area contributed by atoms with Crippen LogP contribution in [-0.2, 0) is 11.2 Å². The number of amides is 1. The molecule has 1 atom stereocenters. The fourth-order valence-electron chi connectivity index (χ4n) is 3.66. The molecule has 1 heterocycles. The van der Waals surface area contributed by atoms with Crippen LogP contribution < -0.4 is 15.0 Å². The quantitative estimate of drug-likeness (QED) is 0.741. The van der Waals surface area contributed by atoms with E-state index in [1.165, 1.54) is 18.9 Å². The van der Waals surface area contributed by atoms with Crippen molar-refractivity contribution in [2.75, 3.05) is 44.7 Å². The number of hydrogen-bond donors (Lipinski definition) is 1. The molecule has 6 heteroatoms. The molecule has 1 aliphatic heterocycles. The summed E-state index contributed by atoms with van der Waals surface area (Å²) in [6.07, 6.45) is 0.858. The highest BCUT2D eigenvalue weighted by Crippen LogP contribution is 2.19. The van der Waals surface area contributed by atoms with E-state index in [1.807, 2.05) is 6.07 Å². The summed E-state index contributed by atoms with van der Waals surface area (Å²) in [5, 5.41) is 3.02. The van der Waals surface area contributed by atoms with Crippen LogP contribution in [-0.4, -0.2) is 56.7 Å². The van der Waals surface area contributed by atoms with Gasteiger partial charge in [-0.1, -0.05) is 24.3 Å². The van der Waals surface area contributed by atoms with Crippen LogP contribution in [0.4, 0.5) is 10.1 Å².